The summed E-state index contributed by atoms with van der Waals surface area (Å²) in [6.07, 6.45) is 2.14. The van der Waals surface area contributed by atoms with Crippen LogP contribution in [0.5, 0.6) is 5.75 Å². The fourth-order valence-electron chi connectivity index (χ4n) is 1.90. The lowest BCUT2D eigenvalue weighted by atomic mass is 10.0. The zero-order valence-corrected chi connectivity index (χ0v) is 12.2. The Bertz CT molecular complexity index is 440. The number of rotatable bonds is 9. The zero-order valence-electron chi connectivity index (χ0n) is 12.2. The zero-order chi connectivity index (χ0) is 14.8. The van der Waals surface area contributed by atoms with Crippen molar-refractivity contribution >= 4 is 11.8 Å². The number of carbonyl (C=O) groups excluding carboxylic acids is 2. The summed E-state index contributed by atoms with van der Waals surface area (Å²) in [5.41, 5.74) is 0.616. The molecule has 110 valence electrons. The van der Waals surface area contributed by atoms with Crippen LogP contribution in [0.15, 0.2) is 24.3 Å². The number of hydrogen-bond donors (Lipinski definition) is 0. The van der Waals surface area contributed by atoms with E-state index >= 15 is 0 Å². The van der Waals surface area contributed by atoms with E-state index in [2.05, 4.69) is 0 Å². The van der Waals surface area contributed by atoms with Gasteiger partial charge in [0.1, 0.15) is 5.75 Å². The summed E-state index contributed by atoms with van der Waals surface area (Å²) >= 11 is 0. The summed E-state index contributed by atoms with van der Waals surface area (Å²) in [6.45, 7) is 4.61. The van der Waals surface area contributed by atoms with Gasteiger partial charge in [-0.25, -0.2) is 0 Å². The summed E-state index contributed by atoms with van der Waals surface area (Å²) in [5, 5.41) is 0. The molecule has 0 amide bonds. The van der Waals surface area contributed by atoms with Crippen molar-refractivity contribution in [1.29, 1.82) is 0 Å². The number of ketones is 1. The topological polar surface area (TPSA) is 52.6 Å². The molecule has 1 aromatic carbocycles. The van der Waals surface area contributed by atoms with E-state index in [1.165, 1.54) is 0 Å². The van der Waals surface area contributed by atoms with E-state index in [0.29, 0.717) is 50.2 Å². The van der Waals surface area contributed by atoms with E-state index in [9.17, 15) is 9.59 Å². The minimum absolute atomic E-state index is 0.0536. The van der Waals surface area contributed by atoms with E-state index in [1.807, 2.05) is 19.1 Å². The van der Waals surface area contributed by atoms with Crippen molar-refractivity contribution in [3.05, 3.63) is 29.8 Å². The quantitative estimate of drug-likeness (QED) is 0.395. The summed E-state index contributed by atoms with van der Waals surface area (Å²) < 4.78 is 10.3. The minimum Gasteiger partial charge on any atom is -0.493 e. The van der Waals surface area contributed by atoms with Gasteiger partial charge in [-0.1, -0.05) is 12.1 Å². The molecule has 0 aliphatic heterocycles. The summed E-state index contributed by atoms with van der Waals surface area (Å²) in [4.78, 5) is 23.3. The Labute approximate surface area is 120 Å². The maximum Gasteiger partial charge on any atom is 0.305 e. The third-order valence-electron chi connectivity index (χ3n) is 2.83. The lowest BCUT2D eigenvalue weighted by Crippen LogP contribution is -2.06. The van der Waals surface area contributed by atoms with Gasteiger partial charge >= 0.3 is 5.97 Å². The molecule has 0 fully saturated rings. The molecule has 0 saturated carbocycles. The standard InChI is InChI=1S/C16H22O4/c1-3-19-15-11-7-5-9-13(15)14(17)10-6-8-12-16(18)20-4-2/h5,7,9,11H,3-4,6,8,10,12H2,1-2H3. The number of unbranched alkanes of at least 4 members (excludes halogenated alkanes) is 1. The highest BCUT2D eigenvalue weighted by Crippen LogP contribution is 2.20. The molecular weight excluding hydrogens is 256 g/mol. The number of hydrogen-bond acceptors (Lipinski definition) is 4. The van der Waals surface area contributed by atoms with Crippen LogP contribution < -0.4 is 4.74 Å². The molecule has 1 rings (SSSR count). The average molecular weight is 278 g/mol. The van der Waals surface area contributed by atoms with Crippen molar-refractivity contribution < 1.29 is 19.1 Å². The maximum absolute atomic E-state index is 12.1. The van der Waals surface area contributed by atoms with E-state index in [1.54, 1.807) is 19.1 Å². The Morgan fingerprint density at radius 2 is 1.70 bits per heavy atom. The maximum atomic E-state index is 12.1. The molecule has 0 atom stereocenters. The molecule has 4 nitrogen and oxygen atoms in total. The second kappa shape index (κ2) is 9.13. The van der Waals surface area contributed by atoms with Gasteiger partial charge in [-0.15, -0.1) is 0 Å². The van der Waals surface area contributed by atoms with Crippen LogP contribution >= 0.6 is 0 Å². The van der Waals surface area contributed by atoms with E-state index in [-0.39, 0.29) is 11.8 Å². The number of para-hydroxylation sites is 1. The Kier molecular flexibility index (Phi) is 7.40. The van der Waals surface area contributed by atoms with Gasteiger partial charge in [0.15, 0.2) is 5.78 Å². The highest BCUT2D eigenvalue weighted by molar-refractivity contribution is 5.98. The number of Topliss-reactive ketones (excluding diaryl/α,β-unsaturated/α-hetero) is 1. The third-order valence-corrected chi connectivity index (χ3v) is 2.83. The number of esters is 1. The number of benzene rings is 1. The van der Waals surface area contributed by atoms with Gasteiger partial charge in [0.25, 0.3) is 0 Å². The van der Waals surface area contributed by atoms with Crippen LogP contribution in [0.3, 0.4) is 0 Å². The Morgan fingerprint density at radius 3 is 2.40 bits per heavy atom. The molecule has 0 aliphatic carbocycles. The lowest BCUT2D eigenvalue weighted by Gasteiger charge is -2.08. The molecule has 4 heteroatoms. The van der Waals surface area contributed by atoms with Gasteiger partial charge < -0.3 is 9.47 Å². The van der Waals surface area contributed by atoms with Crippen LogP contribution in [0.25, 0.3) is 0 Å². The van der Waals surface area contributed by atoms with Crippen molar-refractivity contribution in [1.82, 2.24) is 0 Å². The molecule has 0 aromatic heterocycles. The van der Waals surface area contributed by atoms with Crippen molar-refractivity contribution in [3.63, 3.8) is 0 Å². The Morgan fingerprint density at radius 1 is 1.00 bits per heavy atom. The molecule has 0 aliphatic rings. The summed E-state index contributed by atoms with van der Waals surface area (Å²) in [6, 6.07) is 7.25. The smallest absolute Gasteiger partial charge is 0.305 e. The van der Waals surface area contributed by atoms with E-state index < -0.39 is 0 Å². The van der Waals surface area contributed by atoms with E-state index in [4.69, 9.17) is 9.47 Å². The van der Waals surface area contributed by atoms with Crippen molar-refractivity contribution in [2.45, 2.75) is 39.5 Å². The number of carbonyl (C=O) groups is 2. The summed E-state index contributed by atoms with van der Waals surface area (Å²) in [5.74, 6) is 0.484. The van der Waals surface area contributed by atoms with Gasteiger partial charge in [-0.05, 0) is 38.8 Å². The van der Waals surface area contributed by atoms with Crippen molar-refractivity contribution in [3.8, 4) is 5.75 Å². The Balaban J connectivity index is 2.41. The van der Waals surface area contributed by atoms with E-state index in [0.717, 1.165) is 0 Å². The monoisotopic (exact) mass is 278 g/mol. The van der Waals surface area contributed by atoms with Gasteiger partial charge in [0.2, 0.25) is 0 Å². The largest absolute Gasteiger partial charge is 0.493 e. The van der Waals surface area contributed by atoms with Gasteiger partial charge in [0, 0.05) is 12.8 Å². The second-order valence-electron chi connectivity index (χ2n) is 4.36. The highest BCUT2D eigenvalue weighted by Gasteiger charge is 2.11. The Hall–Kier alpha value is -1.84. The predicted octanol–water partition coefficient (Wildman–Crippen LogP) is 3.39. The fourth-order valence-corrected chi connectivity index (χ4v) is 1.90. The third kappa shape index (κ3) is 5.43. The molecular formula is C16H22O4. The second-order valence-corrected chi connectivity index (χ2v) is 4.36. The first-order valence-electron chi connectivity index (χ1n) is 7.09. The average Bonchev–Trinajstić information content (AvgIpc) is 2.44. The first-order chi connectivity index (χ1) is 9.69. The number of ether oxygens (including phenoxy) is 2. The van der Waals surface area contributed by atoms with Crippen LogP contribution in [0.4, 0.5) is 0 Å². The molecule has 0 unspecified atom stereocenters. The molecule has 20 heavy (non-hydrogen) atoms. The lowest BCUT2D eigenvalue weighted by molar-refractivity contribution is -0.143. The molecule has 0 N–H and O–H groups in total. The van der Waals surface area contributed by atoms with Crippen LogP contribution in [0, 0.1) is 0 Å². The van der Waals surface area contributed by atoms with Crippen LogP contribution in [0.2, 0.25) is 0 Å². The van der Waals surface area contributed by atoms with Crippen molar-refractivity contribution in [2.24, 2.45) is 0 Å². The fraction of sp³-hybridized carbons (Fsp3) is 0.500. The molecule has 0 heterocycles. The van der Waals surface area contributed by atoms with Crippen LogP contribution in [-0.2, 0) is 9.53 Å². The SMILES string of the molecule is CCOC(=O)CCCCC(=O)c1ccccc1OCC. The van der Waals surface area contributed by atoms with Gasteiger partial charge in [-0.2, -0.15) is 0 Å². The first-order valence-corrected chi connectivity index (χ1v) is 7.09. The molecule has 0 saturated heterocycles. The van der Waals surface area contributed by atoms with Crippen LogP contribution in [0.1, 0.15) is 49.9 Å². The minimum atomic E-state index is -0.199. The summed E-state index contributed by atoms with van der Waals surface area (Å²) in [7, 11) is 0. The van der Waals surface area contributed by atoms with Gasteiger partial charge in [-0.3, -0.25) is 9.59 Å². The van der Waals surface area contributed by atoms with Crippen LogP contribution in [-0.4, -0.2) is 25.0 Å². The molecule has 0 spiro atoms. The first kappa shape index (κ1) is 16.2. The predicted molar refractivity (Wildman–Crippen MR) is 77.0 cm³/mol. The van der Waals surface area contributed by atoms with Crippen molar-refractivity contribution in [2.75, 3.05) is 13.2 Å². The molecule has 0 radical (unpaired) electrons. The normalized spacial score (nSPS) is 10.1. The molecule has 0 bridgehead atoms. The van der Waals surface area contributed by atoms with Gasteiger partial charge in [0.05, 0.1) is 18.8 Å². The highest BCUT2D eigenvalue weighted by atomic mass is 16.5. The molecule has 1 aromatic rings.